The van der Waals surface area contributed by atoms with E-state index in [1.165, 1.54) is 12.1 Å². The molecule has 0 saturated heterocycles. The number of fused-ring (bicyclic) bond motifs is 1. The van der Waals surface area contributed by atoms with Gasteiger partial charge >= 0.3 is 5.97 Å². The Morgan fingerprint density at radius 2 is 2.22 bits per heavy atom. The summed E-state index contributed by atoms with van der Waals surface area (Å²) in [6.07, 6.45) is 2.47. The standard InChI is InChI=1S/C15H16FN5O2/c16-11-1-4-13-9(6-11)5-10(15(22)23)7-20(13)8-14-17-18-19-21(14)12-2-3-12/h1,4,6,10,12H,2-3,5,7-8H2,(H,22,23). The van der Waals surface area contributed by atoms with Crippen molar-refractivity contribution in [2.24, 2.45) is 5.92 Å². The minimum atomic E-state index is -0.869. The van der Waals surface area contributed by atoms with Crippen LogP contribution in [0.1, 0.15) is 30.3 Å². The van der Waals surface area contributed by atoms with Gasteiger partial charge in [-0.1, -0.05) is 0 Å². The van der Waals surface area contributed by atoms with Gasteiger partial charge in [0.2, 0.25) is 0 Å². The van der Waals surface area contributed by atoms with Crippen molar-refractivity contribution in [2.75, 3.05) is 11.4 Å². The first-order chi connectivity index (χ1) is 11.1. The fourth-order valence-electron chi connectivity index (χ4n) is 3.13. The number of anilines is 1. The van der Waals surface area contributed by atoms with Gasteiger partial charge in [-0.2, -0.15) is 0 Å². The molecular formula is C15H16FN5O2. The number of aromatic nitrogens is 4. The molecule has 1 aliphatic carbocycles. The number of nitrogens with zero attached hydrogens (tertiary/aromatic N) is 5. The zero-order valence-electron chi connectivity index (χ0n) is 12.4. The van der Waals surface area contributed by atoms with Crippen molar-refractivity contribution in [2.45, 2.75) is 31.8 Å². The smallest absolute Gasteiger partial charge is 0.308 e. The van der Waals surface area contributed by atoms with Gasteiger partial charge < -0.3 is 10.0 Å². The third-order valence-corrected chi connectivity index (χ3v) is 4.42. The molecule has 0 spiro atoms. The highest BCUT2D eigenvalue weighted by molar-refractivity contribution is 5.73. The van der Waals surface area contributed by atoms with Crippen LogP contribution in [-0.4, -0.2) is 37.8 Å². The van der Waals surface area contributed by atoms with Gasteiger partial charge in [0.15, 0.2) is 5.82 Å². The predicted octanol–water partition coefficient (Wildman–Crippen LogP) is 1.41. The van der Waals surface area contributed by atoms with Gasteiger partial charge in [0.1, 0.15) is 5.82 Å². The molecule has 1 aliphatic heterocycles. The molecule has 1 atom stereocenters. The fourth-order valence-corrected chi connectivity index (χ4v) is 3.13. The summed E-state index contributed by atoms with van der Waals surface area (Å²) in [5.41, 5.74) is 1.57. The maximum atomic E-state index is 13.5. The van der Waals surface area contributed by atoms with Crippen LogP contribution in [0.2, 0.25) is 0 Å². The normalized spacial score (nSPS) is 20.4. The van der Waals surface area contributed by atoms with E-state index in [2.05, 4.69) is 15.5 Å². The quantitative estimate of drug-likeness (QED) is 0.918. The summed E-state index contributed by atoms with van der Waals surface area (Å²) >= 11 is 0. The van der Waals surface area contributed by atoms with Crippen LogP contribution in [0.4, 0.5) is 10.1 Å². The molecule has 120 valence electrons. The largest absolute Gasteiger partial charge is 0.481 e. The Balaban J connectivity index is 1.66. The third-order valence-electron chi connectivity index (χ3n) is 4.42. The lowest BCUT2D eigenvalue weighted by molar-refractivity contribution is -0.141. The van der Waals surface area contributed by atoms with Crippen molar-refractivity contribution in [3.05, 3.63) is 35.4 Å². The highest BCUT2D eigenvalue weighted by atomic mass is 19.1. The van der Waals surface area contributed by atoms with Crippen LogP contribution in [0.15, 0.2) is 18.2 Å². The van der Waals surface area contributed by atoms with Gasteiger partial charge in [-0.3, -0.25) is 4.79 Å². The summed E-state index contributed by atoms with van der Waals surface area (Å²) < 4.78 is 15.3. The lowest BCUT2D eigenvalue weighted by atomic mass is 9.92. The fraction of sp³-hybridized carbons (Fsp3) is 0.467. The lowest BCUT2D eigenvalue weighted by Crippen LogP contribution is -2.39. The number of tetrazole rings is 1. The van der Waals surface area contributed by atoms with Crippen molar-refractivity contribution in [3.8, 4) is 0 Å². The molecule has 4 rings (SSSR count). The zero-order chi connectivity index (χ0) is 16.0. The first-order valence-electron chi connectivity index (χ1n) is 7.64. The minimum absolute atomic E-state index is 0.340. The Kier molecular flexibility index (Phi) is 3.24. The minimum Gasteiger partial charge on any atom is -0.481 e. The van der Waals surface area contributed by atoms with E-state index in [4.69, 9.17) is 0 Å². The molecular weight excluding hydrogens is 301 g/mol. The zero-order valence-corrected chi connectivity index (χ0v) is 12.4. The van der Waals surface area contributed by atoms with E-state index in [0.29, 0.717) is 36.9 Å². The van der Waals surface area contributed by atoms with Crippen LogP contribution < -0.4 is 4.90 Å². The van der Waals surface area contributed by atoms with Gasteiger partial charge in [0, 0.05) is 12.2 Å². The Morgan fingerprint density at radius 1 is 1.39 bits per heavy atom. The Hall–Kier alpha value is -2.51. The number of benzene rings is 1. The highest BCUT2D eigenvalue weighted by Crippen LogP contribution is 2.36. The number of hydrogen-bond donors (Lipinski definition) is 1. The van der Waals surface area contributed by atoms with Crippen molar-refractivity contribution in [1.29, 1.82) is 0 Å². The lowest BCUT2D eigenvalue weighted by Gasteiger charge is -2.34. The van der Waals surface area contributed by atoms with Gasteiger partial charge in [-0.05, 0) is 53.5 Å². The molecule has 1 aromatic carbocycles. The van der Waals surface area contributed by atoms with Crippen LogP contribution in [-0.2, 0) is 17.8 Å². The van der Waals surface area contributed by atoms with Crippen LogP contribution >= 0.6 is 0 Å². The number of carboxylic acid groups (broad SMARTS) is 1. The Bertz CT molecular complexity index is 758. The van der Waals surface area contributed by atoms with E-state index >= 15 is 0 Å². The van der Waals surface area contributed by atoms with E-state index in [1.54, 1.807) is 6.07 Å². The summed E-state index contributed by atoms with van der Waals surface area (Å²) in [6.45, 7) is 0.789. The van der Waals surface area contributed by atoms with Crippen LogP contribution in [0.5, 0.6) is 0 Å². The molecule has 1 aromatic heterocycles. The molecule has 2 heterocycles. The van der Waals surface area contributed by atoms with Gasteiger partial charge in [-0.15, -0.1) is 5.10 Å². The number of halogens is 1. The topological polar surface area (TPSA) is 84.1 Å². The maximum absolute atomic E-state index is 13.5. The van der Waals surface area contributed by atoms with Crippen molar-refractivity contribution in [1.82, 2.24) is 20.2 Å². The van der Waals surface area contributed by atoms with E-state index in [-0.39, 0.29) is 5.82 Å². The Morgan fingerprint density at radius 3 is 2.96 bits per heavy atom. The molecule has 8 heteroatoms. The van der Waals surface area contributed by atoms with Crippen molar-refractivity contribution >= 4 is 11.7 Å². The van der Waals surface area contributed by atoms with Gasteiger partial charge in [-0.25, -0.2) is 9.07 Å². The van der Waals surface area contributed by atoms with E-state index in [1.807, 2.05) is 9.58 Å². The van der Waals surface area contributed by atoms with Crippen LogP contribution in [0.3, 0.4) is 0 Å². The molecule has 0 bridgehead atoms. The summed E-state index contributed by atoms with van der Waals surface area (Å²) in [5, 5.41) is 21.2. The molecule has 1 saturated carbocycles. The first kappa shape index (κ1) is 14.1. The first-order valence-corrected chi connectivity index (χ1v) is 7.64. The molecule has 2 aromatic rings. The van der Waals surface area contributed by atoms with Gasteiger partial charge in [0.25, 0.3) is 0 Å². The summed E-state index contributed by atoms with van der Waals surface area (Å²) in [6, 6.07) is 4.87. The molecule has 1 N–H and O–H groups in total. The summed E-state index contributed by atoms with van der Waals surface area (Å²) in [5.74, 6) is -1.06. The molecule has 0 amide bonds. The summed E-state index contributed by atoms with van der Waals surface area (Å²) in [7, 11) is 0. The average molecular weight is 317 g/mol. The molecule has 1 fully saturated rings. The monoisotopic (exact) mass is 317 g/mol. The number of carbonyl (C=O) groups is 1. The summed E-state index contributed by atoms with van der Waals surface area (Å²) in [4.78, 5) is 13.3. The van der Waals surface area contributed by atoms with Crippen molar-refractivity contribution < 1.29 is 14.3 Å². The van der Waals surface area contributed by atoms with Gasteiger partial charge in [0.05, 0.1) is 18.5 Å². The molecule has 2 aliphatic rings. The second kappa shape index (κ2) is 5.29. The van der Waals surface area contributed by atoms with Crippen molar-refractivity contribution in [3.63, 3.8) is 0 Å². The van der Waals surface area contributed by atoms with Crippen LogP contribution in [0.25, 0.3) is 0 Å². The SMILES string of the molecule is O=C(O)C1Cc2cc(F)ccc2N(Cc2nnnn2C2CC2)C1. The highest BCUT2D eigenvalue weighted by Gasteiger charge is 2.32. The Labute approximate surface area is 131 Å². The maximum Gasteiger partial charge on any atom is 0.308 e. The number of aliphatic carboxylic acids is 1. The molecule has 1 unspecified atom stereocenters. The number of rotatable bonds is 4. The average Bonchev–Trinajstić information content (AvgIpc) is 3.26. The molecule has 7 nitrogen and oxygen atoms in total. The molecule has 0 radical (unpaired) electrons. The third kappa shape index (κ3) is 2.64. The second-order valence-corrected chi connectivity index (χ2v) is 6.16. The number of hydrogen-bond acceptors (Lipinski definition) is 5. The van der Waals surface area contributed by atoms with E-state index in [0.717, 1.165) is 18.5 Å². The van der Waals surface area contributed by atoms with Crippen LogP contribution in [0, 0.1) is 11.7 Å². The predicted molar refractivity (Wildman–Crippen MR) is 78.4 cm³/mol. The van der Waals surface area contributed by atoms with E-state index < -0.39 is 11.9 Å². The second-order valence-electron chi connectivity index (χ2n) is 6.16. The number of carboxylic acids is 1. The molecule has 23 heavy (non-hydrogen) atoms. The van der Waals surface area contributed by atoms with E-state index in [9.17, 15) is 14.3 Å².